The molecular formula is C30H29N5O5. The van der Waals surface area contributed by atoms with Crippen molar-refractivity contribution in [1.29, 1.82) is 0 Å². The fraction of sp³-hybridized carbons (Fsp3) is 0.233. The molecule has 1 aliphatic rings. The molecule has 10 nitrogen and oxygen atoms in total. The molecule has 0 saturated carbocycles. The Kier molecular flexibility index (Phi) is 7.86. The molecule has 10 heteroatoms. The molecule has 2 aromatic carbocycles. The molecule has 204 valence electrons. The molecule has 4 aromatic rings. The van der Waals surface area contributed by atoms with Crippen LogP contribution in [0, 0.1) is 0 Å². The van der Waals surface area contributed by atoms with E-state index in [9.17, 15) is 14.4 Å². The second-order valence-corrected chi connectivity index (χ2v) is 9.15. The first kappa shape index (κ1) is 26.6. The fourth-order valence-electron chi connectivity index (χ4n) is 4.61. The van der Waals surface area contributed by atoms with Crippen LogP contribution in [-0.2, 0) is 9.53 Å². The van der Waals surface area contributed by atoms with Crippen molar-refractivity contribution in [3.05, 3.63) is 90.3 Å². The third kappa shape index (κ3) is 5.70. The minimum absolute atomic E-state index is 0.160. The van der Waals surface area contributed by atoms with Gasteiger partial charge >= 0.3 is 11.9 Å². The van der Waals surface area contributed by atoms with Gasteiger partial charge in [-0.1, -0.05) is 30.3 Å². The van der Waals surface area contributed by atoms with Crippen LogP contribution in [0.25, 0.3) is 17.1 Å². The molecule has 0 bridgehead atoms. The van der Waals surface area contributed by atoms with Gasteiger partial charge in [0, 0.05) is 50.6 Å². The third-order valence-corrected chi connectivity index (χ3v) is 6.53. The number of carbonyl (C=O) groups excluding carboxylic acids is 3. The van der Waals surface area contributed by atoms with E-state index in [-0.39, 0.29) is 24.0 Å². The number of aromatic nitrogens is 3. The minimum atomic E-state index is -0.488. The number of esters is 2. The third-order valence-electron chi connectivity index (χ3n) is 6.53. The van der Waals surface area contributed by atoms with Crippen molar-refractivity contribution in [2.24, 2.45) is 0 Å². The van der Waals surface area contributed by atoms with E-state index in [0.29, 0.717) is 37.6 Å². The molecule has 0 spiro atoms. The van der Waals surface area contributed by atoms with E-state index in [2.05, 4.69) is 15.0 Å². The van der Waals surface area contributed by atoms with Crippen molar-refractivity contribution in [1.82, 2.24) is 19.7 Å². The zero-order valence-electron chi connectivity index (χ0n) is 22.3. The van der Waals surface area contributed by atoms with E-state index in [4.69, 9.17) is 9.47 Å². The Hall–Kier alpha value is -4.99. The molecular weight excluding hydrogens is 510 g/mol. The van der Waals surface area contributed by atoms with E-state index < -0.39 is 11.9 Å². The second kappa shape index (κ2) is 11.8. The Balaban J connectivity index is 1.31. The normalized spacial score (nSPS) is 13.2. The summed E-state index contributed by atoms with van der Waals surface area (Å²) >= 11 is 0. The van der Waals surface area contributed by atoms with Crippen LogP contribution in [0.15, 0.2) is 79.0 Å². The number of ether oxygens (including phenoxy) is 2. The summed E-state index contributed by atoms with van der Waals surface area (Å²) < 4.78 is 12.0. The van der Waals surface area contributed by atoms with Crippen LogP contribution in [0.4, 0.5) is 5.69 Å². The van der Waals surface area contributed by atoms with Crippen LogP contribution in [-0.4, -0.2) is 70.3 Å². The first-order valence-corrected chi connectivity index (χ1v) is 13.1. The molecule has 2 aromatic heterocycles. The number of benzene rings is 2. The highest BCUT2D eigenvalue weighted by atomic mass is 16.5. The monoisotopic (exact) mass is 539 g/mol. The van der Waals surface area contributed by atoms with Crippen LogP contribution in [0.1, 0.15) is 34.7 Å². The lowest BCUT2D eigenvalue weighted by atomic mass is 10.1. The smallest absolute Gasteiger partial charge is 0.358 e. The molecule has 3 heterocycles. The van der Waals surface area contributed by atoms with Crippen molar-refractivity contribution in [2.75, 3.05) is 37.7 Å². The number of piperazine rings is 1. The van der Waals surface area contributed by atoms with Gasteiger partial charge in [-0.2, -0.15) is 5.10 Å². The van der Waals surface area contributed by atoms with Crippen molar-refractivity contribution in [2.45, 2.75) is 13.8 Å². The molecule has 0 atom stereocenters. The largest absolute Gasteiger partial charge is 0.461 e. The van der Waals surface area contributed by atoms with Gasteiger partial charge in [-0.3, -0.25) is 9.59 Å². The molecule has 1 aliphatic heterocycles. The summed E-state index contributed by atoms with van der Waals surface area (Å²) in [6.07, 6.45) is 1.67. The summed E-state index contributed by atoms with van der Waals surface area (Å²) in [6.45, 7) is 5.70. The average Bonchev–Trinajstić information content (AvgIpc) is 3.44. The van der Waals surface area contributed by atoms with Gasteiger partial charge in [0.2, 0.25) is 0 Å². The number of hydrogen-bond acceptors (Lipinski definition) is 8. The quantitative estimate of drug-likeness (QED) is 0.256. The molecule has 1 fully saturated rings. The van der Waals surface area contributed by atoms with Crippen LogP contribution in [0.3, 0.4) is 0 Å². The van der Waals surface area contributed by atoms with E-state index >= 15 is 0 Å². The number of anilines is 1. The Morgan fingerprint density at radius 2 is 1.62 bits per heavy atom. The van der Waals surface area contributed by atoms with Crippen molar-refractivity contribution < 1.29 is 23.9 Å². The zero-order chi connectivity index (χ0) is 28.1. The summed E-state index contributed by atoms with van der Waals surface area (Å²) in [6, 6.07) is 22.0. The summed E-state index contributed by atoms with van der Waals surface area (Å²) in [7, 11) is 0. The van der Waals surface area contributed by atoms with Gasteiger partial charge < -0.3 is 19.3 Å². The first-order valence-electron chi connectivity index (χ1n) is 13.1. The lowest BCUT2D eigenvalue weighted by molar-refractivity contribution is -0.131. The molecule has 1 amide bonds. The Bertz CT molecular complexity index is 1510. The highest BCUT2D eigenvalue weighted by molar-refractivity contribution is 5.97. The topological polar surface area (TPSA) is 107 Å². The number of pyridine rings is 1. The van der Waals surface area contributed by atoms with Crippen LogP contribution in [0.5, 0.6) is 5.75 Å². The Morgan fingerprint density at radius 1 is 0.900 bits per heavy atom. The second-order valence-electron chi connectivity index (χ2n) is 9.15. The van der Waals surface area contributed by atoms with Gasteiger partial charge in [0.1, 0.15) is 5.75 Å². The van der Waals surface area contributed by atoms with Crippen molar-refractivity contribution in [3.63, 3.8) is 0 Å². The van der Waals surface area contributed by atoms with E-state index in [1.165, 1.54) is 6.92 Å². The van der Waals surface area contributed by atoms with E-state index in [1.54, 1.807) is 53.0 Å². The van der Waals surface area contributed by atoms with E-state index in [1.807, 2.05) is 42.5 Å². The predicted octanol–water partition coefficient (Wildman–Crippen LogP) is 4.00. The van der Waals surface area contributed by atoms with Crippen molar-refractivity contribution >= 4 is 23.5 Å². The standard InChI is InChI=1S/C30H29N5O5/c1-3-39-30(38)25-20-26(35(32-25)28-10-6-7-15-31-28)22-11-13-23(14-12-22)33-16-18-34(19-17-33)29(37)24-8-4-5-9-27(24)40-21(2)36/h4-15,20H,3,16-19H2,1-2H3. The van der Waals surface area contributed by atoms with Crippen LogP contribution in [0.2, 0.25) is 0 Å². The maximum absolute atomic E-state index is 13.2. The lowest BCUT2D eigenvalue weighted by Crippen LogP contribution is -2.48. The molecule has 1 saturated heterocycles. The lowest BCUT2D eigenvalue weighted by Gasteiger charge is -2.36. The van der Waals surface area contributed by atoms with Crippen molar-refractivity contribution in [3.8, 4) is 22.8 Å². The van der Waals surface area contributed by atoms with Crippen LogP contribution >= 0.6 is 0 Å². The average molecular weight is 540 g/mol. The fourth-order valence-corrected chi connectivity index (χ4v) is 4.61. The molecule has 0 aliphatic carbocycles. The highest BCUT2D eigenvalue weighted by Crippen LogP contribution is 2.27. The number of rotatable bonds is 7. The van der Waals surface area contributed by atoms with Gasteiger partial charge in [-0.05, 0) is 49.4 Å². The van der Waals surface area contributed by atoms with Gasteiger partial charge in [0.05, 0.1) is 17.9 Å². The SMILES string of the molecule is CCOC(=O)c1cc(-c2ccc(N3CCN(C(=O)c4ccccc4OC(C)=O)CC3)cc2)n(-c2ccccn2)n1. The van der Waals surface area contributed by atoms with E-state index in [0.717, 1.165) is 16.9 Å². The number of nitrogens with zero attached hydrogens (tertiary/aromatic N) is 5. The summed E-state index contributed by atoms with van der Waals surface area (Å²) in [4.78, 5) is 45.4. The predicted molar refractivity (Wildman–Crippen MR) is 149 cm³/mol. The summed E-state index contributed by atoms with van der Waals surface area (Å²) in [5.74, 6) is -0.249. The Morgan fingerprint density at radius 3 is 2.30 bits per heavy atom. The Labute approximate surface area is 231 Å². The highest BCUT2D eigenvalue weighted by Gasteiger charge is 2.25. The first-order chi connectivity index (χ1) is 19.4. The van der Waals surface area contributed by atoms with Crippen LogP contribution < -0.4 is 9.64 Å². The zero-order valence-corrected chi connectivity index (χ0v) is 22.3. The molecule has 40 heavy (non-hydrogen) atoms. The molecule has 0 radical (unpaired) electrons. The molecule has 0 N–H and O–H groups in total. The van der Waals surface area contributed by atoms with Gasteiger partial charge in [-0.15, -0.1) is 0 Å². The maximum Gasteiger partial charge on any atom is 0.358 e. The van der Waals surface area contributed by atoms with Gasteiger partial charge in [-0.25, -0.2) is 14.5 Å². The molecule has 5 rings (SSSR count). The maximum atomic E-state index is 13.2. The minimum Gasteiger partial charge on any atom is -0.461 e. The van der Waals surface area contributed by atoms with Gasteiger partial charge in [0.25, 0.3) is 5.91 Å². The number of amides is 1. The number of carbonyl (C=O) groups is 3. The summed E-state index contributed by atoms with van der Waals surface area (Å²) in [5.41, 5.74) is 3.19. The van der Waals surface area contributed by atoms with Gasteiger partial charge in [0.15, 0.2) is 11.5 Å². The summed E-state index contributed by atoms with van der Waals surface area (Å²) in [5, 5.41) is 4.46. The number of para-hydroxylation sites is 1. The number of hydrogen-bond donors (Lipinski definition) is 0. The molecule has 0 unspecified atom stereocenters.